The van der Waals surface area contributed by atoms with Crippen molar-refractivity contribution < 1.29 is 24.2 Å². The van der Waals surface area contributed by atoms with E-state index in [0.29, 0.717) is 22.3 Å². The Labute approximate surface area is 130 Å². The minimum absolute atomic E-state index is 0.566. The van der Waals surface area contributed by atoms with Gasteiger partial charge in [-0.3, -0.25) is 0 Å². The highest BCUT2D eigenvalue weighted by Crippen LogP contribution is 2.33. The molecule has 5 nitrogen and oxygen atoms in total. The Morgan fingerprint density at radius 1 is 0.783 bits per heavy atom. The van der Waals surface area contributed by atoms with Crippen LogP contribution in [0.5, 0.6) is 0 Å². The zero-order chi connectivity index (χ0) is 16.4. The summed E-state index contributed by atoms with van der Waals surface area (Å²) >= 11 is 0. The van der Waals surface area contributed by atoms with Crippen molar-refractivity contribution in [1.29, 1.82) is 0 Å². The molecule has 0 spiro atoms. The number of aliphatic carboxylic acids is 2. The number of furan rings is 1. The molecular weight excluding hydrogens is 296 g/mol. The first-order valence-electron chi connectivity index (χ1n) is 6.82. The van der Waals surface area contributed by atoms with E-state index in [9.17, 15) is 9.59 Å². The standard InChI is InChI=1S/C18H12O5/c19-15(20)9-7-11-3-1-5-13-14-6-2-4-12(8-10-16(21)22)18(14)23-17(11)13/h1-10H,(H,19,20)(H,21,22)/b9-7+,10-8+. The van der Waals surface area contributed by atoms with E-state index in [1.807, 2.05) is 24.3 Å². The fourth-order valence-corrected chi connectivity index (χ4v) is 2.45. The molecule has 2 aromatic carbocycles. The van der Waals surface area contributed by atoms with Crippen LogP contribution in [-0.4, -0.2) is 22.2 Å². The Kier molecular flexibility index (Phi) is 3.68. The zero-order valence-electron chi connectivity index (χ0n) is 11.9. The molecule has 1 heterocycles. The molecule has 0 aliphatic carbocycles. The van der Waals surface area contributed by atoms with Gasteiger partial charge in [-0.05, 0) is 12.2 Å². The molecule has 3 aromatic rings. The summed E-state index contributed by atoms with van der Waals surface area (Å²) in [5, 5.41) is 19.2. The summed E-state index contributed by atoms with van der Waals surface area (Å²) in [7, 11) is 0. The monoisotopic (exact) mass is 308 g/mol. The van der Waals surface area contributed by atoms with E-state index >= 15 is 0 Å². The molecule has 0 aliphatic heterocycles. The molecule has 0 atom stereocenters. The van der Waals surface area contributed by atoms with E-state index in [0.717, 1.165) is 22.9 Å². The maximum Gasteiger partial charge on any atom is 0.328 e. The van der Waals surface area contributed by atoms with Gasteiger partial charge in [0.25, 0.3) is 0 Å². The third-order valence-electron chi connectivity index (χ3n) is 3.40. The van der Waals surface area contributed by atoms with Crippen molar-refractivity contribution >= 4 is 46.0 Å². The predicted octanol–water partition coefficient (Wildman–Crippen LogP) is 3.78. The number of rotatable bonds is 4. The highest BCUT2D eigenvalue weighted by atomic mass is 16.4. The van der Waals surface area contributed by atoms with Crippen LogP contribution in [0.2, 0.25) is 0 Å². The Balaban J connectivity index is 2.25. The van der Waals surface area contributed by atoms with Crippen LogP contribution in [0.1, 0.15) is 11.1 Å². The summed E-state index contributed by atoms with van der Waals surface area (Å²) in [4.78, 5) is 21.4. The average molecular weight is 308 g/mol. The lowest BCUT2D eigenvalue weighted by molar-refractivity contribution is -0.132. The molecule has 0 fully saturated rings. The van der Waals surface area contributed by atoms with Crippen molar-refractivity contribution in [3.63, 3.8) is 0 Å². The van der Waals surface area contributed by atoms with Gasteiger partial charge in [-0.25, -0.2) is 9.59 Å². The van der Waals surface area contributed by atoms with Crippen molar-refractivity contribution in [3.8, 4) is 0 Å². The summed E-state index contributed by atoms with van der Waals surface area (Å²) in [6, 6.07) is 10.9. The van der Waals surface area contributed by atoms with Crippen LogP contribution < -0.4 is 0 Å². The third kappa shape index (κ3) is 2.85. The van der Waals surface area contributed by atoms with Gasteiger partial charge in [-0.15, -0.1) is 0 Å². The topological polar surface area (TPSA) is 87.7 Å². The van der Waals surface area contributed by atoms with Crippen LogP contribution in [0.25, 0.3) is 34.1 Å². The third-order valence-corrected chi connectivity index (χ3v) is 3.40. The predicted molar refractivity (Wildman–Crippen MR) is 87.1 cm³/mol. The van der Waals surface area contributed by atoms with E-state index in [1.54, 1.807) is 12.1 Å². The second kappa shape index (κ2) is 5.81. The number of fused-ring (bicyclic) bond motifs is 3. The van der Waals surface area contributed by atoms with E-state index in [2.05, 4.69) is 0 Å². The molecule has 114 valence electrons. The van der Waals surface area contributed by atoms with Crippen LogP contribution in [-0.2, 0) is 9.59 Å². The van der Waals surface area contributed by atoms with Gasteiger partial charge >= 0.3 is 11.9 Å². The Bertz CT molecular complexity index is 897. The van der Waals surface area contributed by atoms with Gasteiger partial charge in [0.15, 0.2) is 0 Å². The van der Waals surface area contributed by atoms with E-state index in [1.165, 1.54) is 12.2 Å². The minimum atomic E-state index is -1.04. The van der Waals surface area contributed by atoms with Crippen LogP contribution in [0.3, 0.4) is 0 Å². The van der Waals surface area contributed by atoms with Crippen molar-refractivity contribution in [2.45, 2.75) is 0 Å². The molecule has 1 aromatic heterocycles. The summed E-state index contributed by atoms with van der Waals surface area (Å²) < 4.78 is 5.89. The number of hydrogen-bond donors (Lipinski definition) is 2. The second-order valence-corrected chi connectivity index (χ2v) is 4.89. The van der Waals surface area contributed by atoms with E-state index in [-0.39, 0.29) is 0 Å². The first-order valence-corrected chi connectivity index (χ1v) is 6.82. The molecule has 0 saturated heterocycles. The second-order valence-electron chi connectivity index (χ2n) is 4.89. The number of para-hydroxylation sites is 2. The number of carboxylic acid groups (broad SMARTS) is 2. The Morgan fingerprint density at radius 3 is 1.61 bits per heavy atom. The van der Waals surface area contributed by atoms with Crippen LogP contribution >= 0.6 is 0 Å². The van der Waals surface area contributed by atoms with Crippen molar-refractivity contribution in [3.05, 3.63) is 59.7 Å². The van der Waals surface area contributed by atoms with Crippen molar-refractivity contribution in [1.82, 2.24) is 0 Å². The molecule has 23 heavy (non-hydrogen) atoms. The maximum absolute atomic E-state index is 10.7. The summed E-state index contributed by atoms with van der Waals surface area (Å²) in [6.07, 6.45) is 5.04. The molecule has 0 unspecified atom stereocenters. The first kappa shape index (κ1) is 14.6. The van der Waals surface area contributed by atoms with E-state index in [4.69, 9.17) is 14.6 Å². The highest BCUT2D eigenvalue weighted by molar-refractivity contribution is 6.10. The Morgan fingerprint density at radius 2 is 1.22 bits per heavy atom. The van der Waals surface area contributed by atoms with Gasteiger partial charge in [-0.1, -0.05) is 36.4 Å². The van der Waals surface area contributed by atoms with Crippen LogP contribution in [0.4, 0.5) is 0 Å². The molecule has 0 radical (unpaired) electrons. The summed E-state index contributed by atoms with van der Waals surface area (Å²) in [6.45, 7) is 0. The Hall–Kier alpha value is -3.34. The summed E-state index contributed by atoms with van der Waals surface area (Å²) in [5.41, 5.74) is 2.43. The van der Waals surface area contributed by atoms with Gasteiger partial charge in [0.2, 0.25) is 0 Å². The molecule has 0 amide bonds. The molecule has 5 heteroatoms. The van der Waals surface area contributed by atoms with Crippen molar-refractivity contribution in [2.24, 2.45) is 0 Å². The average Bonchev–Trinajstić information content (AvgIpc) is 2.90. The molecule has 0 saturated carbocycles. The largest absolute Gasteiger partial charge is 0.478 e. The number of benzene rings is 2. The number of carboxylic acids is 2. The lowest BCUT2D eigenvalue weighted by Crippen LogP contribution is -1.85. The zero-order valence-corrected chi connectivity index (χ0v) is 11.9. The van der Waals surface area contributed by atoms with Crippen LogP contribution in [0.15, 0.2) is 53.0 Å². The molecule has 2 N–H and O–H groups in total. The maximum atomic E-state index is 10.7. The minimum Gasteiger partial charge on any atom is -0.478 e. The highest BCUT2D eigenvalue weighted by Gasteiger charge is 2.11. The first-order chi connectivity index (χ1) is 11.1. The molecule has 0 bridgehead atoms. The number of hydrogen-bond acceptors (Lipinski definition) is 3. The van der Waals surface area contributed by atoms with Gasteiger partial charge in [0.05, 0.1) is 0 Å². The van der Waals surface area contributed by atoms with Gasteiger partial charge in [-0.2, -0.15) is 0 Å². The SMILES string of the molecule is O=C(O)/C=C/c1cccc2c1oc1c(/C=C/C(=O)O)cccc12. The van der Waals surface area contributed by atoms with Gasteiger partial charge in [0.1, 0.15) is 11.2 Å². The lowest BCUT2D eigenvalue weighted by atomic mass is 10.1. The van der Waals surface area contributed by atoms with E-state index < -0.39 is 11.9 Å². The molecule has 3 rings (SSSR count). The van der Waals surface area contributed by atoms with Crippen LogP contribution in [0, 0.1) is 0 Å². The van der Waals surface area contributed by atoms with Gasteiger partial charge in [0, 0.05) is 34.1 Å². The summed E-state index contributed by atoms with van der Waals surface area (Å²) in [5.74, 6) is -2.08. The van der Waals surface area contributed by atoms with Crippen molar-refractivity contribution in [2.75, 3.05) is 0 Å². The molecular formula is C18H12O5. The smallest absolute Gasteiger partial charge is 0.328 e. The fourth-order valence-electron chi connectivity index (χ4n) is 2.45. The quantitative estimate of drug-likeness (QED) is 0.716. The van der Waals surface area contributed by atoms with Gasteiger partial charge < -0.3 is 14.6 Å². The lowest BCUT2D eigenvalue weighted by Gasteiger charge is -1.94. The fraction of sp³-hybridized carbons (Fsp3) is 0. The molecule has 0 aliphatic rings. The normalized spacial score (nSPS) is 11.8. The number of carbonyl (C=O) groups is 2.